The van der Waals surface area contributed by atoms with Crippen molar-refractivity contribution in [3.8, 4) is 0 Å². The molecule has 0 spiro atoms. The van der Waals surface area contributed by atoms with Crippen LogP contribution in [0.4, 0.5) is 26.5 Å². The highest BCUT2D eigenvalue weighted by molar-refractivity contribution is 8.25. The van der Waals surface area contributed by atoms with Gasteiger partial charge in [0.15, 0.2) is 5.82 Å². The van der Waals surface area contributed by atoms with Crippen LogP contribution in [0.1, 0.15) is 17.8 Å². The molecular weight excluding hydrogens is 497 g/mol. The second-order valence-corrected chi connectivity index (χ2v) is 10.4. The van der Waals surface area contributed by atoms with Crippen molar-refractivity contribution in [3.63, 3.8) is 0 Å². The van der Waals surface area contributed by atoms with Gasteiger partial charge in [-0.05, 0) is 54.0 Å². The van der Waals surface area contributed by atoms with Gasteiger partial charge in [-0.1, -0.05) is 11.6 Å². The highest BCUT2D eigenvalue weighted by atomic mass is 35.5. The summed E-state index contributed by atoms with van der Waals surface area (Å²) in [6, 6.07) is 4.22. The zero-order valence-electron chi connectivity index (χ0n) is 19.4. The number of benzene rings is 1. The minimum Gasteiger partial charge on any atom is -0.395 e. The zero-order valence-corrected chi connectivity index (χ0v) is 21.0. The number of amides is 2. The molecule has 1 aromatic carbocycles. The lowest BCUT2D eigenvalue weighted by Gasteiger charge is -2.36. The lowest BCUT2D eigenvalue weighted by Crippen LogP contribution is -2.51. The van der Waals surface area contributed by atoms with Crippen LogP contribution in [0.25, 0.3) is 0 Å². The molecule has 0 bridgehead atoms. The monoisotopic (exact) mass is 523 g/mol. The largest absolute Gasteiger partial charge is 0.395 e. The number of piperazine rings is 1. The summed E-state index contributed by atoms with van der Waals surface area (Å²) in [6.07, 6.45) is 0.614. The molecule has 2 amide bonds. The third-order valence-corrected chi connectivity index (χ3v) is 7.76. The molecule has 2 aliphatic heterocycles. The predicted molar refractivity (Wildman–Crippen MR) is 135 cm³/mol. The van der Waals surface area contributed by atoms with E-state index in [-0.39, 0.29) is 24.1 Å². The van der Waals surface area contributed by atoms with Gasteiger partial charge in [-0.2, -0.15) is 4.41 Å². The zero-order chi connectivity index (χ0) is 25.3. The van der Waals surface area contributed by atoms with Crippen LogP contribution < -0.4 is 15.6 Å². The molecule has 1 atom stereocenters. The molecule has 13 heteroatoms. The topological polar surface area (TPSA) is 119 Å². The molecule has 1 unspecified atom stereocenters. The van der Waals surface area contributed by atoms with Crippen molar-refractivity contribution in [1.82, 2.24) is 19.3 Å². The minimum absolute atomic E-state index is 0.0224. The first kappa shape index (κ1) is 25.5. The number of aryl methyl sites for hydroxylation is 2. The Morgan fingerprint density at radius 1 is 1.26 bits per heavy atom. The number of rotatable bonds is 6. The minimum atomic E-state index is -1.05. The van der Waals surface area contributed by atoms with Gasteiger partial charge in [-0.15, -0.1) is 0 Å². The average molecular weight is 524 g/mol. The van der Waals surface area contributed by atoms with Gasteiger partial charge in [-0.25, -0.2) is 19.4 Å². The molecule has 2 aromatic rings. The fourth-order valence-corrected chi connectivity index (χ4v) is 6.07. The van der Waals surface area contributed by atoms with Crippen LogP contribution in [0.2, 0.25) is 5.02 Å². The van der Waals surface area contributed by atoms with Crippen molar-refractivity contribution in [3.05, 3.63) is 40.4 Å². The number of carbonyl (C=O) groups is 2. The molecule has 188 valence electrons. The SMILES string of the molecule is Cc1nc(N2CCN(CCO)CC2=O)cc(N(c2c(C)cc(F)cc2Cl)N2CCC=S2C(N)=O)n1. The summed E-state index contributed by atoms with van der Waals surface area (Å²) in [5.41, 5.74) is 6.69. The van der Waals surface area contributed by atoms with Gasteiger partial charge in [0, 0.05) is 32.2 Å². The number of primary amides is 1. The van der Waals surface area contributed by atoms with E-state index in [1.54, 1.807) is 34.2 Å². The molecular formula is C22H27ClFN7O3S. The lowest BCUT2D eigenvalue weighted by atomic mass is 10.2. The van der Waals surface area contributed by atoms with E-state index in [1.165, 1.54) is 12.1 Å². The van der Waals surface area contributed by atoms with E-state index in [4.69, 9.17) is 17.3 Å². The maximum absolute atomic E-state index is 14.1. The third kappa shape index (κ3) is 5.31. The summed E-state index contributed by atoms with van der Waals surface area (Å²) in [4.78, 5) is 37.7. The molecule has 1 saturated heterocycles. The van der Waals surface area contributed by atoms with Crippen molar-refractivity contribution in [2.45, 2.75) is 20.3 Å². The number of carbonyl (C=O) groups excluding carboxylic acids is 2. The van der Waals surface area contributed by atoms with Gasteiger partial charge in [-0.3, -0.25) is 19.4 Å². The summed E-state index contributed by atoms with van der Waals surface area (Å²) in [7, 11) is -1.05. The van der Waals surface area contributed by atoms with E-state index >= 15 is 0 Å². The number of hydrazine groups is 1. The fraction of sp³-hybridized carbons (Fsp3) is 0.409. The molecule has 3 N–H and O–H groups in total. The van der Waals surface area contributed by atoms with Gasteiger partial charge in [0.05, 0.1) is 23.9 Å². The van der Waals surface area contributed by atoms with Crippen LogP contribution in [-0.4, -0.2) is 80.2 Å². The number of hydrogen-bond acceptors (Lipinski definition) is 8. The Morgan fingerprint density at radius 3 is 2.69 bits per heavy atom. The second kappa shape index (κ2) is 10.5. The Kier molecular flexibility index (Phi) is 7.67. The van der Waals surface area contributed by atoms with Crippen LogP contribution in [-0.2, 0) is 4.79 Å². The average Bonchev–Trinajstić information content (AvgIpc) is 3.25. The smallest absolute Gasteiger partial charge is 0.286 e. The Labute approximate surface area is 210 Å². The molecule has 10 nitrogen and oxygen atoms in total. The number of aliphatic hydroxyl groups excluding tert-OH is 1. The van der Waals surface area contributed by atoms with Crippen LogP contribution >= 0.6 is 22.3 Å². The van der Waals surface area contributed by atoms with Crippen LogP contribution in [0.3, 0.4) is 0 Å². The first-order valence-corrected chi connectivity index (χ1v) is 12.7. The number of aliphatic hydroxyl groups is 1. The summed E-state index contributed by atoms with van der Waals surface area (Å²) in [5.74, 6) is 0.561. The third-order valence-electron chi connectivity index (χ3n) is 5.70. The van der Waals surface area contributed by atoms with Gasteiger partial charge in [0.2, 0.25) is 5.91 Å². The standard InChI is InChI=1S/C22H27ClFN7O3S/c1-14-10-16(24)11-17(23)21(14)31(30-4-3-9-35(30)22(25)34)19-12-18(26-15(2)27-19)29-6-5-28(7-8-32)13-20(29)33/h9-12,32H,3-8,13H2,1-2H3,(H2,25,34). The maximum atomic E-state index is 14.1. The van der Waals surface area contributed by atoms with E-state index in [2.05, 4.69) is 9.97 Å². The molecule has 1 fully saturated rings. The van der Waals surface area contributed by atoms with E-state index in [0.717, 1.165) is 0 Å². The molecule has 35 heavy (non-hydrogen) atoms. The molecule has 2 aliphatic rings. The Hall–Kier alpha value is -2.64. The predicted octanol–water partition coefficient (Wildman–Crippen LogP) is 2.35. The molecule has 0 radical (unpaired) electrons. The number of anilines is 3. The van der Waals surface area contributed by atoms with Crippen molar-refractivity contribution in [2.24, 2.45) is 5.73 Å². The first-order valence-electron chi connectivity index (χ1n) is 11.1. The maximum Gasteiger partial charge on any atom is 0.286 e. The summed E-state index contributed by atoms with van der Waals surface area (Å²) in [6.45, 7) is 5.45. The van der Waals surface area contributed by atoms with Crippen LogP contribution in [0.5, 0.6) is 0 Å². The van der Waals surface area contributed by atoms with E-state index in [9.17, 15) is 19.1 Å². The van der Waals surface area contributed by atoms with Crippen molar-refractivity contribution in [1.29, 1.82) is 0 Å². The molecule has 4 rings (SSSR count). The van der Waals surface area contributed by atoms with Crippen LogP contribution in [0.15, 0.2) is 18.2 Å². The summed E-state index contributed by atoms with van der Waals surface area (Å²) < 4.78 is 15.8. The Balaban J connectivity index is 1.81. The normalized spacial score (nSPS) is 19.2. The quantitative estimate of drug-likeness (QED) is 0.554. The highest BCUT2D eigenvalue weighted by Crippen LogP contribution is 2.42. The highest BCUT2D eigenvalue weighted by Gasteiger charge is 2.32. The fourth-order valence-electron chi connectivity index (χ4n) is 4.22. The van der Waals surface area contributed by atoms with Gasteiger partial charge >= 0.3 is 0 Å². The number of halogens is 2. The Bertz CT molecular complexity index is 1170. The van der Waals surface area contributed by atoms with Crippen molar-refractivity contribution >= 4 is 56.1 Å². The van der Waals surface area contributed by atoms with Crippen molar-refractivity contribution < 1.29 is 19.1 Å². The number of β-amino-alcohol motifs (C(OH)–C–C–N with tert-alkyl or cyclic N) is 1. The summed E-state index contributed by atoms with van der Waals surface area (Å²) >= 11 is 6.52. The number of nitrogens with zero attached hydrogens (tertiary/aromatic N) is 6. The van der Waals surface area contributed by atoms with E-state index in [0.29, 0.717) is 61.3 Å². The van der Waals surface area contributed by atoms with Gasteiger partial charge < -0.3 is 10.8 Å². The molecule has 0 saturated carbocycles. The van der Waals surface area contributed by atoms with E-state index in [1.807, 2.05) is 10.3 Å². The second-order valence-electron chi connectivity index (χ2n) is 8.21. The van der Waals surface area contributed by atoms with E-state index < -0.39 is 21.7 Å². The number of nitrogens with two attached hydrogens (primary N) is 1. The molecule has 0 aliphatic carbocycles. The Morgan fingerprint density at radius 2 is 2.03 bits per heavy atom. The number of aromatic nitrogens is 2. The lowest BCUT2D eigenvalue weighted by molar-refractivity contribution is -0.121. The number of hydrogen-bond donors (Lipinski definition) is 2. The first-order chi connectivity index (χ1) is 16.7. The molecule has 1 aromatic heterocycles. The van der Waals surface area contributed by atoms with Crippen molar-refractivity contribution in [2.75, 3.05) is 49.2 Å². The molecule has 3 heterocycles. The van der Waals surface area contributed by atoms with Gasteiger partial charge in [0.1, 0.15) is 17.5 Å². The van der Waals surface area contributed by atoms with Crippen LogP contribution in [0, 0.1) is 19.7 Å². The van der Waals surface area contributed by atoms with Gasteiger partial charge in [0.25, 0.3) is 5.24 Å². The summed E-state index contributed by atoms with van der Waals surface area (Å²) in [5, 5.41) is 12.3.